The van der Waals surface area contributed by atoms with Crippen molar-refractivity contribution in [3.8, 4) is 0 Å². The lowest BCUT2D eigenvalue weighted by molar-refractivity contribution is -0.138. The minimum absolute atomic E-state index is 0.209. The smallest absolute Gasteiger partial charge is 0.321 e. The molecule has 0 aromatic heterocycles. The second-order valence-corrected chi connectivity index (χ2v) is 6.09. The van der Waals surface area contributed by atoms with Gasteiger partial charge in [-0.3, -0.25) is 19.8 Å². The highest BCUT2D eigenvalue weighted by molar-refractivity contribution is 5.96. The Balaban J connectivity index is 1.79. The standard InChI is InChI=1S/C15H26N4O3/c1-11(13(20)17-15(22)16-2)18-7-9-19(10-8-18)14(21)12-5-3-4-6-12/h11-12H,3-10H2,1-2H3,(H2,16,17,20,22). The maximum atomic E-state index is 12.4. The molecule has 1 aliphatic carbocycles. The molecule has 0 radical (unpaired) electrons. The van der Waals surface area contributed by atoms with Gasteiger partial charge in [-0.1, -0.05) is 12.8 Å². The Hall–Kier alpha value is -1.63. The summed E-state index contributed by atoms with van der Waals surface area (Å²) in [6.45, 7) is 4.44. The minimum atomic E-state index is -0.494. The first-order valence-electron chi connectivity index (χ1n) is 8.08. The zero-order valence-electron chi connectivity index (χ0n) is 13.4. The second kappa shape index (κ2) is 7.58. The molecule has 1 heterocycles. The number of nitrogens with zero attached hydrogens (tertiary/aromatic N) is 2. The maximum Gasteiger partial charge on any atom is 0.321 e. The number of amides is 4. The van der Waals surface area contributed by atoms with Crippen molar-refractivity contribution in [3.63, 3.8) is 0 Å². The van der Waals surface area contributed by atoms with Crippen molar-refractivity contribution < 1.29 is 14.4 Å². The van der Waals surface area contributed by atoms with Crippen LogP contribution in [0, 0.1) is 5.92 Å². The average molecular weight is 310 g/mol. The Kier molecular flexibility index (Phi) is 5.76. The van der Waals surface area contributed by atoms with Gasteiger partial charge in [0, 0.05) is 39.1 Å². The van der Waals surface area contributed by atoms with Crippen molar-refractivity contribution in [2.24, 2.45) is 5.92 Å². The molecule has 0 spiro atoms. The van der Waals surface area contributed by atoms with E-state index in [1.54, 1.807) is 6.92 Å². The Bertz CT molecular complexity index is 427. The Morgan fingerprint density at radius 2 is 1.64 bits per heavy atom. The molecular formula is C15H26N4O3. The fourth-order valence-electron chi connectivity index (χ4n) is 3.21. The number of rotatable bonds is 3. The fraction of sp³-hybridized carbons (Fsp3) is 0.800. The van der Waals surface area contributed by atoms with E-state index in [-0.39, 0.29) is 23.8 Å². The van der Waals surface area contributed by atoms with Crippen molar-refractivity contribution >= 4 is 17.8 Å². The van der Waals surface area contributed by atoms with Crippen LogP contribution in [0.4, 0.5) is 4.79 Å². The number of imide groups is 1. The SMILES string of the molecule is CNC(=O)NC(=O)C(C)N1CCN(C(=O)C2CCCC2)CC1. The largest absolute Gasteiger partial charge is 0.341 e. The third-order valence-electron chi connectivity index (χ3n) is 4.72. The van der Waals surface area contributed by atoms with Crippen LogP contribution in [0.5, 0.6) is 0 Å². The van der Waals surface area contributed by atoms with Gasteiger partial charge in [-0.15, -0.1) is 0 Å². The van der Waals surface area contributed by atoms with E-state index in [2.05, 4.69) is 10.6 Å². The summed E-state index contributed by atoms with van der Waals surface area (Å²) in [7, 11) is 1.47. The lowest BCUT2D eigenvalue weighted by Crippen LogP contribution is -2.56. The summed E-state index contributed by atoms with van der Waals surface area (Å²) in [6, 6.07) is -0.868. The average Bonchev–Trinajstić information content (AvgIpc) is 3.07. The molecule has 0 aromatic rings. The van der Waals surface area contributed by atoms with Gasteiger partial charge in [-0.2, -0.15) is 0 Å². The molecule has 7 nitrogen and oxygen atoms in total. The number of nitrogens with one attached hydrogen (secondary N) is 2. The molecule has 1 atom stereocenters. The Morgan fingerprint density at radius 3 is 2.18 bits per heavy atom. The predicted octanol–water partition coefficient (Wildman–Crippen LogP) is 0.165. The van der Waals surface area contributed by atoms with Gasteiger partial charge in [0.2, 0.25) is 11.8 Å². The molecule has 1 saturated heterocycles. The highest BCUT2D eigenvalue weighted by atomic mass is 16.2. The van der Waals surface area contributed by atoms with Crippen molar-refractivity contribution in [1.82, 2.24) is 20.4 Å². The number of hydrogen-bond donors (Lipinski definition) is 2. The Labute approximate surface area is 131 Å². The third-order valence-corrected chi connectivity index (χ3v) is 4.72. The summed E-state index contributed by atoms with van der Waals surface area (Å²) >= 11 is 0. The fourth-order valence-corrected chi connectivity index (χ4v) is 3.21. The number of urea groups is 1. The molecule has 4 amide bonds. The molecule has 2 aliphatic rings. The van der Waals surface area contributed by atoms with E-state index in [0.717, 1.165) is 25.7 Å². The van der Waals surface area contributed by atoms with Crippen LogP contribution in [0.2, 0.25) is 0 Å². The second-order valence-electron chi connectivity index (χ2n) is 6.09. The van der Waals surface area contributed by atoms with Crippen LogP contribution in [0.15, 0.2) is 0 Å². The van der Waals surface area contributed by atoms with Crippen molar-refractivity contribution in [2.75, 3.05) is 33.2 Å². The van der Waals surface area contributed by atoms with E-state index in [9.17, 15) is 14.4 Å². The number of piperazine rings is 1. The van der Waals surface area contributed by atoms with Crippen molar-refractivity contribution in [2.45, 2.75) is 38.6 Å². The molecular weight excluding hydrogens is 284 g/mol. The highest BCUT2D eigenvalue weighted by Gasteiger charge is 2.31. The molecule has 1 saturated carbocycles. The first-order valence-corrected chi connectivity index (χ1v) is 8.08. The van der Waals surface area contributed by atoms with Crippen LogP contribution < -0.4 is 10.6 Å². The number of carbonyl (C=O) groups is 3. The maximum absolute atomic E-state index is 12.4. The van der Waals surface area contributed by atoms with E-state index < -0.39 is 6.03 Å². The van der Waals surface area contributed by atoms with E-state index >= 15 is 0 Å². The summed E-state index contributed by atoms with van der Waals surface area (Å²) in [4.78, 5) is 39.4. The lowest BCUT2D eigenvalue weighted by Gasteiger charge is -2.38. The van der Waals surface area contributed by atoms with Crippen LogP contribution >= 0.6 is 0 Å². The minimum Gasteiger partial charge on any atom is -0.341 e. The quantitative estimate of drug-likeness (QED) is 0.778. The van der Waals surface area contributed by atoms with Crippen LogP contribution in [-0.2, 0) is 9.59 Å². The van der Waals surface area contributed by atoms with E-state index in [1.165, 1.54) is 7.05 Å². The zero-order chi connectivity index (χ0) is 16.1. The van der Waals surface area contributed by atoms with E-state index in [4.69, 9.17) is 0 Å². The molecule has 1 unspecified atom stereocenters. The molecule has 2 N–H and O–H groups in total. The summed E-state index contributed by atoms with van der Waals surface area (Å²) < 4.78 is 0. The zero-order valence-corrected chi connectivity index (χ0v) is 13.4. The molecule has 22 heavy (non-hydrogen) atoms. The van der Waals surface area contributed by atoms with Gasteiger partial charge < -0.3 is 10.2 Å². The molecule has 7 heteroatoms. The molecule has 2 rings (SSSR count). The van der Waals surface area contributed by atoms with Crippen molar-refractivity contribution in [3.05, 3.63) is 0 Å². The molecule has 124 valence electrons. The molecule has 0 bridgehead atoms. The highest BCUT2D eigenvalue weighted by Crippen LogP contribution is 2.27. The van der Waals surface area contributed by atoms with Crippen LogP contribution in [-0.4, -0.2) is 66.9 Å². The first kappa shape index (κ1) is 16.7. The summed E-state index contributed by atoms with van der Waals surface area (Å²) in [5.41, 5.74) is 0. The first-order chi connectivity index (χ1) is 10.5. The van der Waals surface area contributed by atoms with E-state index in [1.807, 2.05) is 9.80 Å². The normalized spacial score (nSPS) is 21.5. The van der Waals surface area contributed by atoms with Gasteiger partial charge in [0.25, 0.3) is 0 Å². The summed E-state index contributed by atoms with van der Waals surface area (Å²) in [6.07, 6.45) is 4.36. The monoisotopic (exact) mass is 310 g/mol. The summed E-state index contributed by atoms with van der Waals surface area (Å²) in [5, 5.41) is 4.66. The van der Waals surface area contributed by atoms with Crippen LogP contribution in [0.1, 0.15) is 32.6 Å². The van der Waals surface area contributed by atoms with Gasteiger partial charge in [0.1, 0.15) is 0 Å². The predicted molar refractivity (Wildman–Crippen MR) is 82.2 cm³/mol. The molecule has 0 aromatic carbocycles. The van der Waals surface area contributed by atoms with Gasteiger partial charge in [0.05, 0.1) is 6.04 Å². The number of carbonyl (C=O) groups excluding carboxylic acids is 3. The van der Waals surface area contributed by atoms with Crippen LogP contribution in [0.25, 0.3) is 0 Å². The topological polar surface area (TPSA) is 81.8 Å². The van der Waals surface area contributed by atoms with Gasteiger partial charge in [-0.25, -0.2) is 4.79 Å². The molecule has 1 aliphatic heterocycles. The number of hydrogen-bond acceptors (Lipinski definition) is 4. The molecule has 2 fully saturated rings. The van der Waals surface area contributed by atoms with Gasteiger partial charge >= 0.3 is 6.03 Å². The lowest BCUT2D eigenvalue weighted by atomic mass is 10.1. The summed E-state index contributed by atoms with van der Waals surface area (Å²) in [5.74, 6) is 0.176. The van der Waals surface area contributed by atoms with Gasteiger partial charge in [-0.05, 0) is 19.8 Å². The van der Waals surface area contributed by atoms with Crippen LogP contribution in [0.3, 0.4) is 0 Å². The third kappa shape index (κ3) is 3.97. The Morgan fingerprint density at radius 1 is 1.05 bits per heavy atom. The van der Waals surface area contributed by atoms with E-state index in [0.29, 0.717) is 26.2 Å². The van der Waals surface area contributed by atoms with Crippen molar-refractivity contribution in [1.29, 1.82) is 0 Å². The van der Waals surface area contributed by atoms with Gasteiger partial charge in [0.15, 0.2) is 0 Å².